The lowest BCUT2D eigenvalue weighted by Crippen LogP contribution is -2.52. The minimum Gasteiger partial charge on any atom is -0.357 e. The molecular weight excluding hydrogens is 396 g/mol. The number of rotatable bonds is 6. The molecule has 1 fully saturated rings. The zero-order chi connectivity index (χ0) is 20.8. The molecule has 0 aliphatic carbocycles. The highest BCUT2D eigenvalue weighted by atomic mass is 35.5. The van der Waals surface area contributed by atoms with Gasteiger partial charge in [0.1, 0.15) is 0 Å². The van der Waals surface area contributed by atoms with Gasteiger partial charge in [-0.05, 0) is 45.4 Å². The molecule has 6 nitrogen and oxygen atoms in total. The Balaban J connectivity index is 1.91. The van der Waals surface area contributed by atoms with Crippen molar-refractivity contribution in [1.29, 1.82) is 0 Å². The summed E-state index contributed by atoms with van der Waals surface area (Å²) in [6, 6.07) is 7.98. The fourth-order valence-electron chi connectivity index (χ4n) is 3.02. The molecule has 1 aromatic carbocycles. The van der Waals surface area contributed by atoms with Crippen molar-refractivity contribution >= 4 is 27.4 Å². The van der Waals surface area contributed by atoms with Crippen LogP contribution in [0.5, 0.6) is 0 Å². The van der Waals surface area contributed by atoms with Gasteiger partial charge in [0.05, 0.1) is 17.0 Å². The number of nitrogens with one attached hydrogen (secondary N) is 1. The van der Waals surface area contributed by atoms with Crippen LogP contribution in [-0.4, -0.2) is 73.9 Å². The van der Waals surface area contributed by atoms with E-state index in [4.69, 9.17) is 11.6 Å². The summed E-state index contributed by atoms with van der Waals surface area (Å²) < 4.78 is 23.8. The monoisotopic (exact) mass is 428 g/mol. The highest BCUT2D eigenvalue weighted by Crippen LogP contribution is 2.16. The van der Waals surface area contributed by atoms with Gasteiger partial charge >= 0.3 is 0 Å². The van der Waals surface area contributed by atoms with E-state index in [-0.39, 0.29) is 12.3 Å². The largest absolute Gasteiger partial charge is 0.357 e. The molecule has 8 heteroatoms. The number of piperazine rings is 1. The van der Waals surface area contributed by atoms with Crippen LogP contribution in [0.1, 0.15) is 33.3 Å². The SMILES string of the molecule is CCNC(=NCCS(=O)(=O)C(C)(C)C)N1CCN(Cc2cccc(Cl)c2)CC1. The van der Waals surface area contributed by atoms with Crippen LogP contribution >= 0.6 is 11.6 Å². The molecule has 28 heavy (non-hydrogen) atoms. The Morgan fingerprint density at radius 3 is 2.46 bits per heavy atom. The fraction of sp³-hybridized carbons (Fsp3) is 0.650. The van der Waals surface area contributed by atoms with Gasteiger partial charge in [0.2, 0.25) is 0 Å². The number of guanidine groups is 1. The number of hydrogen-bond acceptors (Lipinski definition) is 4. The molecule has 0 bridgehead atoms. The van der Waals surface area contributed by atoms with Crippen molar-refractivity contribution in [2.24, 2.45) is 4.99 Å². The molecule has 2 rings (SSSR count). The highest BCUT2D eigenvalue weighted by Gasteiger charge is 2.28. The molecule has 0 saturated carbocycles. The third kappa shape index (κ3) is 6.64. The van der Waals surface area contributed by atoms with Crippen LogP contribution in [-0.2, 0) is 16.4 Å². The third-order valence-electron chi connectivity index (χ3n) is 4.86. The zero-order valence-corrected chi connectivity index (χ0v) is 19.0. The molecule has 158 valence electrons. The fourth-order valence-corrected chi connectivity index (χ4v) is 4.17. The number of aliphatic imine (C=N–C) groups is 1. The Kier molecular flexibility index (Phi) is 8.16. The van der Waals surface area contributed by atoms with Crippen molar-refractivity contribution in [2.75, 3.05) is 45.0 Å². The molecule has 0 atom stereocenters. The summed E-state index contributed by atoms with van der Waals surface area (Å²) in [5, 5.41) is 4.06. The molecule has 0 unspecified atom stereocenters. The molecule has 1 aliphatic heterocycles. The van der Waals surface area contributed by atoms with E-state index < -0.39 is 14.6 Å². The molecule has 1 aliphatic rings. The van der Waals surface area contributed by atoms with E-state index in [1.165, 1.54) is 5.56 Å². The van der Waals surface area contributed by atoms with Crippen LogP contribution in [0.15, 0.2) is 29.3 Å². The summed E-state index contributed by atoms with van der Waals surface area (Å²) in [7, 11) is -3.16. The molecule has 0 amide bonds. The number of benzene rings is 1. The summed E-state index contributed by atoms with van der Waals surface area (Å²) in [5.41, 5.74) is 1.22. The van der Waals surface area contributed by atoms with Crippen LogP contribution in [0.3, 0.4) is 0 Å². The first-order valence-corrected chi connectivity index (χ1v) is 11.9. The molecule has 0 spiro atoms. The van der Waals surface area contributed by atoms with E-state index in [9.17, 15) is 8.42 Å². The lowest BCUT2D eigenvalue weighted by Gasteiger charge is -2.36. The van der Waals surface area contributed by atoms with Gasteiger partial charge in [0.25, 0.3) is 0 Å². The maximum atomic E-state index is 12.3. The average molecular weight is 429 g/mol. The molecular formula is C20H33ClN4O2S. The second-order valence-electron chi connectivity index (χ2n) is 8.06. The highest BCUT2D eigenvalue weighted by molar-refractivity contribution is 7.92. The minimum atomic E-state index is -3.16. The number of sulfone groups is 1. The molecule has 0 aromatic heterocycles. The normalized spacial score (nSPS) is 17.0. The van der Waals surface area contributed by atoms with Gasteiger partial charge in [-0.3, -0.25) is 9.89 Å². The predicted molar refractivity (Wildman–Crippen MR) is 118 cm³/mol. The van der Waals surface area contributed by atoms with E-state index in [2.05, 4.69) is 26.2 Å². The Labute approximate surface area is 174 Å². The van der Waals surface area contributed by atoms with Gasteiger partial charge in [-0.2, -0.15) is 0 Å². The van der Waals surface area contributed by atoms with Gasteiger partial charge < -0.3 is 10.2 Å². The molecule has 1 aromatic rings. The van der Waals surface area contributed by atoms with Crippen molar-refractivity contribution in [3.8, 4) is 0 Å². The van der Waals surface area contributed by atoms with Crippen LogP contribution < -0.4 is 5.32 Å². The quantitative estimate of drug-likeness (QED) is 0.557. The first-order valence-electron chi connectivity index (χ1n) is 9.85. The maximum Gasteiger partial charge on any atom is 0.194 e. The lowest BCUT2D eigenvalue weighted by atomic mass is 10.2. The number of hydrogen-bond donors (Lipinski definition) is 1. The summed E-state index contributed by atoms with van der Waals surface area (Å²) in [5.74, 6) is 0.870. The Hall–Kier alpha value is -1.31. The van der Waals surface area contributed by atoms with Gasteiger partial charge in [0.15, 0.2) is 15.8 Å². The van der Waals surface area contributed by atoms with Crippen molar-refractivity contribution < 1.29 is 8.42 Å². The minimum absolute atomic E-state index is 0.0696. The lowest BCUT2D eigenvalue weighted by molar-refractivity contribution is 0.172. The average Bonchev–Trinajstić information content (AvgIpc) is 2.61. The van der Waals surface area contributed by atoms with E-state index in [0.29, 0.717) is 0 Å². The van der Waals surface area contributed by atoms with Gasteiger partial charge in [0, 0.05) is 44.3 Å². The summed E-state index contributed by atoms with van der Waals surface area (Å²) >= 11 is 6.08. The van der Waals surface area contributed by atoms with E-state index in [1.807, 2.05) is 25.1 Å². The first kappa shape index (κ1) is 23.0. The van der Waals surface area contributed by atoms with Crippen LogP contribution in [0, 0.1) is 0 Å². The topological polar surface area (TPSA) is 65.0 Å². The first-order chi connectivity index (χ1) is 13.1. The standard InChI is InChI=1S/C20H33ClN4O2S/c1-5-22-19(23-9-14-28(26,27)20(2,3)4)25-12-10-24(11-13-25)16-17-7-6-8-18(21)15-17/h6-8,15H,5,9-14,16H2,1-4H3,(H,22,23). The number of halogens is 1. The van der Waals surface area contributed by atoms with E-state index in [1.54, 1.807) is 20.8 Å². The van der Waals surface area contributed by atoms with Crippen molar-refractivity contribution in [3.05, 3.63) is 34.9 Å². The van der Waals surface area contributed by atoms with Crippen LogP contribution in [0.25, 0.3) is 0 Å². The molecule has 0 radical (unpaired) electrons. The predicted octanol–water partition coefficient (Wildman–Crippen LogP) is 2.64. The van der Waals surface area contributed by atoms with Gasteiger partial charge in [-0.1, -0.05) is 23.7 Å². The van der Waals surface area contributed by atoms with Crippen LogP contribution in [0.4, 0.5) is 0 Å². The molecule has 1 heterocycles. The summed E-state index contributed by atoms with van der Waals surface area (Å²) in [4.78, 5) is 9.18. The summed E-state index contributed by atoms with van der Waals surface area (Å²) in [6.45, 7) is 12.7. The molecule has 1 saturated heterocycles. The second kappa shape index (κ2) is 9.94. The van der Waals surface area contributed by atoms with Crippen molar-refractivity contribution in [1.82, 2.24) is 15.1 Å². The third-order valence-corrected chi connectivity index (χ3v) is 7.68. The van der Waals surface area contributed by atoms with Crippen molar-refractivity contribution in [2.45, 2.75) is 39.0 Å². The Bertz CT molecular complexity index is 767. The van der Waals surface area contributed by atoms with Gasteiger partial charge in [-0.15, -0.1) is 0 Å². The number of nitrogens with zero attached hydrogens (tertiary/aromatic N) is 3. The zero-order valence-electron chi connectivity index (χ0n) is 17.4. The Morgan fingerprint density at radius 2 is 1.89 bits per heavy atom. The maximum absolute atomic E-state index is 12.3. The Morgan fingerprint density at radius 1 is 1.21 bits per heavy atom. The summed E-state index contributed by atoms with van der Waals surface area (Å²) in [6.07, 6.45) is 0. The smallest absolute Gasteiger partial charge is 0.194 e. The molecule has 1 N–H and O–H groups in total. The van der Waals surface area contributed by atoms with E-state index in [0.717, 1.165) is 50.3 Å². The van der Waals surface area contributed by atoms with Crippen LogP contribution in [0.2, 0.25) is 5.02 Å². The second-order valence-corrected chi connectivity index (χ2v) is 11.4. The van der Waals surface area contributed by atoms with E-state index >= 15 is 0 Å². The van der Waals surface area contributed by atoms with Crippen molar-refractivity contribution in [3.63, 3.8) is 0 Å². The van der Waals surface area contributed by atoms with Gasteiger partial charge in [-0.25, -0.2) is 8.42 Å².